The average molecular weight is 449 g/mol. The standard InChI is InChI=1S/C20H19F4N7O/c1-10-2-17(20(22,23)24)29-31(10)8-18(32)27-12-5-13(21)19(25-6-12)30-7-16(26-9-30)15-4-11-3-14(11)28-15/h2,5-7,9,11,14-15,28H,3-4,8H2,1H3,(H,27,32)/t11-,14-,15+/m1/s1. The van der Waals surface area contributed by atoms with E-state index in [-0.39, 0.29) is 23.2 Å². The van der Waals surface area contributed by atoms with E-state index in [2.05, 4.69) is 25.7 Å². The van der Waals surface area contributed by atoms with Crippen molar-refractivity contribution in [2.24, 2.45) is 5.92 Å². The van der Waals surface area contributed by atoms with Gasteiger partial charge in [-0.05, 0) is 31.7 Å². The SMILES string of the molecule is Cc1cc(C(F)(F)F)nn1CC(=O)Nc1cnc(-n2cnc([C@@H]3C[C@H]4C[C@H]4N3)c2)c(F)c1. The molecule has 1 saturated carbocycles. The highest BCUT2D eigenvalue weighted by Crippen LogP contribution is 2.45. The number of fused-ring (bicyclic) bond motifs is 1. The molecule has 3 aromatic rings. The molecule has 0 bridgehead atoms. The first-order valence-electron chi connectivity index (χ1n) is 10.0. The number of aromatic nitrogens is 5. The molecule has 3 aromatic heterocycles. The molecule has 4 heterocycles. The number of carbonyl (C=O) groups excluding carboxylic acids is 1. The molecule has 32 heavy (non-hydrogen) atoms. The van der Waals surface area contributed by atoms with E-state index < -0.39 is 30.1 Å². The molecule has 5 rings (SSSR count). The fourth-order valence-corrected chi connectivity index (χ4v) is 4.02. The Labute approximate surface area is 179 Å². The number of amides is 1. The minimum absolute atomic E-state index is 0.0302. The normalized spacial score (nSPS) is 22.1. The summed E-state index contributed by atoms with van der Waals surface area (Å²) in [4.78, 5) is 20.6. The van der Waals surface area contributed by atoms with Crippen LogP contribution in [0.25, 0.3) is 5.82 Å². The van der Waals surface area contributed by atoms with Gasteiger partial charge in [0, 0.05) is 24.0 Å². The van der Waals surface area contributed by atoms with E-state index in [0.717, 1.165) is 28.9 Å². The number of hydrogen-bond donors (Lipinski definition) is 2. The van der Waals surface area contributed by atoms with Gasteiger partial charge in [0.1, 0.15) is 12.9 Å². The maximum Gasteiger partial charge on any atom is 0.435 e. The maximum atomic E-state index is 14.6. The number of pyridine rings is 1. The fourth-order valence-electron chi connectivity index (χ4n) is 4.02. The highest BCUT2D eigenvalue weighted by atomic mass is 19.4. The Kier molecular flexibility index (Phi) is 4.77. The summed E-state index contributed by atoms with van der Waals surface area (Å²) in [5.74, 6) is -0.602. The molecular formula is C20H19F4N7O. The van der Waals surface area contributed by atoms with Gasteiger partial charge in [-0.2, -0.15) is 18.3 Å². The van der Waals surface area contributed by atoms with Gasteiger partial charge < -0.3 is 10.6 Å². The molecule has 8 nitrogen and oxygen atoms in total. The predicted molar refractivity (Wildman–Crippen MR) is 104 cm³/mol. The maximum absolute atomic E-state index is 14.6. The highest BCUT2D eigenvalue weighted by molar-refractivity contribution is 5.90. The number of nitrogens with one attached hydrogen (secondary N) is 2. The van der Waals surface area contributed by atoms with Crippen molar-refractivity contribution >= 4 is 11.6 Å². The van der Waals surface area contributed by atoms with Crippen LogP contribution in [0.15, 0.2) is 30.9 Å². The molecule has 168 valence electrons. The van der Waals surface area contributed by atoms with E-state index in [0.29, 0.717) is 12.0 Å². The van der Waals surface area contributed by atoms with Crippen LogP contribution in [0.5, 0.6) is 0 Å². The van der Waals surface area contributed by atoms with Gasteiger partial charge in [-0.3, -0.25) is 14.0 Å². The predicted octanol–water partition coefficient (Wildman–Crippen LogP) is 2.99. The summed E-state index contributed by atoms with van der Waals surface area (Å²) >= 11 is 0. The lowest BCUT2D eigenvalue weighted by Gasteiger charge is -2.10. The second kappa shape index (κ2) is 7.40. The van der Waals surface area contributed by atoms with Crippen molar-refractivity contribution in [3.63, 3.8) is 0 Å². The minimum Gasteiger partial charge on any atom is -0.323 e. The molecule has 1 saturated heterocycles. The molecule has 2 N–H and O–H groups in total. The number of carbonyl (C=O) groups is 1. The van der Waals surface area contributed by atoms with Crippen molar-refractivity contribution in [2.75, 3.05) is 5.32 Å². The first-order valence-corrected chi connectivity index (χ1v) is 10.0. The summed E-state index contributed by atoms with van der Waals surface area (Å²) in [5, 5.41) is 9.31. The third kappa shape index (κ3) is 3.97. The largest absolute Gasteiger partial charge is 0.435 e. The second-order valence-corrected chi connectivity index (χ2v) is 8.17. The summed E-state index contributed by atoms with van der Waals surface area (Å²) < 4.78 is 55.3. The van der Waals surface area contributed by atoms with Gasteiger partial charge in [-0.1, -0.05) is 0 Å². The number of nitrogens with zero attached hydrogens (tertiary/aromatic N) is 5. The molecule has 0 spiro atoms. The molecule has 1 aliphatic heterocycles. The van der Waals surface area contributed by atoms with Crippen LogP contribution in [-0.2, 0) is 17.5 Å². The van der Waals surface area contributed by atoms with Crippen LogP contribution < -0.4 is 10.6 Å². The quantitative estimate of drug-likeness (QED) is 0.585. The van der Waals surface area contributed by atoms with Crippen molar-refractivity contribution in [3.05, 3.63) is 53.8 Å². The zero-order valence-electron chi connectivity index (χ0n) is 16.9. The van der Waals surface area contributed by atoms with Gasteiger partial charge in [0.05, 0.1) is 23.6 Å². The topological polar surface area (TPSA) is 89.7 Å². The zero-order valence-corrected chi connectivity index (χ0v) is 16.9. The number of piperidine rings is 1. The van der Waals surface area contributed by atoms with Crippen LogP contribution in [0.1, 0.15) is 36.0 Å². The van der Waals surface area contributed by atoms with E-state index in [1.54, 1.807) is 6.20 Å². The zero-order chi connectivity index (χ0) is 22.6. The van der Waals surface area contributed by atoms with Crippen LogP contribution in [0.2, 0.25) is 0 Å². The highest BCUT2D eigenvalue weighted by Gasteiger charge is 2.46. The smallest absolute Gasteiger partial charge is 0.323 e. The second-order valence-electron chi connectivity index (χ2n) is 8.17. The molecule has 0 aromatic carbocycles. The number of halogens is 4. The average Bonchev–Trinajstić information content (AvgIpc) is 3.09. The molecule has 0 unspecified atom stereocenters. The Morgan fingerprint density at radius 3 is 2.75 bits per heavy atom. The summed E-state index contributed by atoms with van der Waals surface area (Å²) in [6, 6.07) is 2.67. The minimum atomic E-state index is -4.60. The van der Waals surface area contributed by atoms with Crippen molar-refractivity contribution in [2.45, 2.75) is 44.6 Å². The lowest BCUT2D eigenvalue weighted by Crippen LogP contribution is -2.21. The third-order valence-corrected chi connectivity index (χ3v) is 5.75. The molecule has 1 amide bonds. The molecule has 2 aliphatic rings. The van der Waals surface area contributed by atoms with E-state index in [1.807, 2.05) is 0 Å². The first kappa shape index (κ1) is 20.6. The number of rotatable bonds is 5. The molecule has 3 atom stereocenters. The number of imidazole rings is 1. The van der Waals surface area contributed by atoms with Crippen molar-refractivity contribution < 1.29 is 22.4 Å². The molecule has 1 aliphatic carbocycles. The van der Waals surface area contributed by atoms with Crippen LogP contribution in [0, 0.1) is 18.7 Å². The van der Waals surface area contributed by atoms with Crippen LogP contribution >= 0.6 is 0 Å². The van der Waals surface area contributed by atoms with Gasteiger partial charge in [0.25, 0.3) is 0 Å². The fraction of sp³-hybridized carbons (Fsp3) is 0.400. The third-order valence-electron chi connectivity index (χ3n) is 5.75. The molecule has 2 fully saturated rings. The van der Waals surface area contributed by atoms with Gasteiger partial charge in [0.2, 0.25) is 5.91 Å². The van der Waals surface area contributed by atoms with E-state index in [4.69, 9.17) is 0 Å². The monoisotopic (exact) mass is 449 g/mol. The Bertz CT molecular complexity index is 1180. The Hall–Kier alpha value is -3.28. The molecule has 0 radical (unpaired) electrons. The number of anilines is 1. The van der Waals surface area contributed by atoms with Gasteiger partial charge in [-0.25, -0.2) is 14.4 Å². The van der Waals surface area contributed by atoms with Crippen molar-refractivity contribution in [3.8, 4) is 5.82 Å². The van der Waals surface area contributed by atoms with E-state index in [1.165, 1.54) is 30.4 Å². The Balaban J connectivity index is 1.25. The van der Waals surface area contributed by atoms with Crippen molar-refractivity contribution in [1.82, 2.24) is 29.6 Å². The first-order chi connectivity index (χ1) is 15.2. The molecular weight excluding hydrogens is 430 g/mol. The summed E-state index contributed by atoms with van der Waals surface area (Å²) in [6.07, 6.45) is 2.10. The molecule has 12 heteroatoms. The lowest BCUT2D eigenvalue weighted by atomic mass is 10.1. The summed E-state index contributed by atoms with van der Waals surface area (Å²) in [5.41, 5.74) is 0.0000762. The van der Waals surface area contributed by atoms with Gasteiger partial charge in [-0.15, -0.1) is 0 Å². The lowest BCUT2D eigenvalue weighted by molar-refractivity contribution is -0.141. The van der Waals surface area contributed by atoms with Gasteiger partial charge in [0.15, 0.2) is 17.3 Å². The van der Waals surface area contributed by atoms with E-state index >= 15 is 0 Å². The number of hydrogen-bond acceptors (Lipinski definition) is 5. The Morgan fingerprint density at radius 1 is 1.28 bits per heavy atom. The number of aryl methyl sites for hydroxylation is 1. The van der Waals surface area contributed by atoms with Crippen LogP contribution in [0.4, 0.5) is 23.2 Å². The summed E-state index contributed by atoms with van der Waals surface area (Å²) in [7, 11) is 0. The Morgan fingerprint density at radius 2 is 2.09 bits per heavy atom. The summed E-state index contributed by atoms with van der Waals surface area (Å²) in [6.45, 7) is 0.960. The van der Waals surface area contributed by atoms with Crippen molar-refractivity contribution in [1.29, 1.82) is 0 Å². The van der Waals surface area contributed by atoms with Gasteiger partial charge >= 0.3 is 6.18 Å². The van der Waals surface area contributed by atoms with E-state index in [9.17, 15) is 22.4 Å². The van der Waals surface area contributed by atoms with Crippen LogP contribution in [-0.4, -0.2) is 36.3 Å². The number of alkyl halides is 3. The van der Waals surface area contributed by atoms with Crippen LogP contribution in [0.3, 0.4) is 0 Å².